The Morgan fingerprint density at radius 3 is 1.68 bits per heavy atom. The predicted octanol–water partition coefficient (Wildman–Crippen LogP) is 5.67. The number of hydrogen-bond acceptors (Lipinski definition) is 1. The Bertz CT molecular complexity index is 714. The first-order valence-electron chi connectivity index (χ1n) is 9.51. The first-order valence-corrected chi connectivity index (χ1v) is 9.51. The van der Waals surface area contributed by atoms with Gasteiger partial charge in [0.05, 0.1) is 11.1 Å². The molecule has 5 rings (SSSR count). The quantitative estimate of drug-likeness (QED) is 0.645. The van der Waals surface area contributed by atoms with Gasteiger partial charge in [0, 0.05) is 12.1 Å². The zero-order chi connectivity index (χ0) is 20.3. The Morgan fingerprint density at radius 1 is 0.857 bits per heavy atom. The molecule has 0 spiro atoms. The highest BCUT2D eigenvalue weighted by molar-refractivity contribution is 5.94. The van der Waals surface area contributed by atoms with Crippen LogP contribution in [0, 0.1) is 23.2 Å². The highest BCUT2D eigenvalue weighted by atomic mass is 19.4. The molecule has 28 heavy (non-hydrogen) atoms. The van der Waals surface area contributed by atoms with E-state index in [4.69, 9.17) is 0 Å². The molecule has 1 amide bonds. The van der Waals surface area contributed by atoms with E-state index in [1.54, 1.807) is 0 Å². The number of hydrogen-bond donors (Lipinski definition) is 1. The molecule has 4 bridgehead atoms. The summed E-state index contributed by atoms with van der Waals surface area (Å²) in [6.07, 6.45) is -3.37. The fraction of sp³-hybridized carbons (Fsp3) is 0.650. The van der Waals surface area contributed by atoms with Crippen LogP contribution in [0.2, 0.25) is 0 Å². The molecular formula is C20H21F6NO. The third kappa shape index (κ3) is 3.74. The summed E-state index contributed by atoms with van der Waals surface area (Å²) in [6, 6.07) is 1.02. The van der Waals surface area contributed by atoms with Crippen LogP contribution in [0.4, 0.5) is 26.3 Å². The summed E-state index contributed by atoms with van der Waals surface area (Å²) in [7, 11) is 0. The lowest BCUT2D eigenvalue weighted by atomic mass is 9.49. The second-order valence-electron chi connectivity index (χ2n) is 8.89. The summed E-state index contributed by atoms with van der Waals surface area (Å²) < 4.78 is 77.9. The molecule has 8 heteroatoms. The number of rotatable bonds is 3. The molecule has 2 nitrogen and oxygen atoms in total. The molecule has 0 heterocycles. The van der Waals surface area contributed by atoms with Crippen molar-refractivity contribution in [1.82, 2.24) is 5.32 Å². The van der Waals surface area contributed by atoms with E-state index in [2.05, 4.69) is 5.32 Å². The van der Waals surface area contributed by atoms with Crippen molar-refractivity contribution in [2.45, 2.75) is 50.9 Å². The van der Waals surface area contributed by atoms with Gasteiger partial charge in [-0.05, 0) is 79.9 Å². The van der Waals surface area contributed by atoms with Gasteiger partial charge in [-0.3, -0.25) is 4.79 Å². The number of amides is 1. The van der Waals surface area contributed by atoms with Crippen LogP contribution in [0.1, 0.15) is 60.0 Å². The Morgan fingerprint density at radius 2 is 1.29 bits per heavy atom. The average molecular weight is 405 g/mol. The van der Waals surface area contributed by atoms with Gasteiger partial charge in [0.1, 0.15) is 0 Å². The minimum Gasteiger partial charge on any atom is -0.351 e. The van der Waals surface area contributed by atoms with Crippen LogP contribution in [0.25, 0.3) is 0 Å². The Balaban J connectivity index is 1.53. The molecule has 0 saturated heterocycles. The summed E-state index contributed by atoms with van der Waals surface area (Å²) in [5.41, 5.74) is -3.60. The lowest BCUT2D eigenvalue weighted by Crippen LogP contribution is -2.51. The number of nitrogens with one attached hydrogen (secondary N) is 1. The summed E-state index contributed by atoms with van der Waals surface area (Å²) in [5, 5.41) is 2.64. The van der Waals surface area contributed by atoms with Crippen LogP contribution in [0.5, 0.6) is 0 Å². The summed E-state index contributed by atoms with van der Waals surface area (Å²) in [6.45, 7) is 0.312. The van der Waals surface area contributed by atoms with Gasteiger partial charge in [-0.25, -0.2) is 0 Å². The summed E-state index contributed by atoms with van der Waals surface area (Å²) in [4.78, 5) is 12.5. The molecule has 1 aromatic carbocycles. The Labute approximate surface area is 158 Å². The fourth-order valence-corrected chi connectivity index (χ4v) is 5.96. The second-order valence-corrected chi connectivity index (χ2v) is 8.89. The smallest absolute Gasteiger partial charge is 0.351 e. The molecule has 0 aliphatic heterocycles. The second kappa shape index (κ2) is 6.39. The third-order valence-corrected chi connectivity index (χ3v) is 6.64. The van der Waals surface area contributed by atoms with Gasteiger partial charge in [-0.15, -0.1) is 0 Å². The van der Waals surface area contributed by atoms with E-state index in [0.29, 0.717) is 36.4 Å². The lowest BCUT2D eigenvalue weighted by Gasteiger charge is -2.56. The van der Waals surface area contributed by atoms with Crippen LogP contribution in [-0.4, -0.2) is 12.5 Å². The van der Waals surface area contributed by atoms with Gasteiger partial charge >= 0.3 is 12.4 Å². The number of halogens is 6. The van der Waals surface area contributed by atoms with E-state index >= 15 is 0 Å². The maximum Gasteiger partial charge on any atom is 0.416 e. The maximum atomic E-state index is 13.0. The number of benzene rings is 1. The van der Waals surface area contributed by atoms with Crippen molar-refractivity contribution in [3.05, 3.63) is 34.9 Å². The Kier molecular flexibility index (Phi) is 4.47. The van der Waals surface area contributed by atoms with Crippen molar-refractivity contribution in [3.8, 4) is 0 Å². The van der Waals surface area contributed by atoms with E-state index in [1.165, 1.54) is 19.3 Å². The van der Waals surface area contributed by atoms with Gasteiger partial charge < -0.3 is 5.32 Å². The monoisotopic (exact) mass is 405 g/mol. The van der Waals surface area contributed by atoms with Crippen molar-refractivity contribution in [2.24, 2.45) is 23.2 Å². The molecule has 4 aliphatic carbocycles. The molecular weight excluding hydrogens is 384 g/mol. The third-order valence-electron chi connectivity index (χ3n) is 6.64. The fourth-order valence-electron chi connectivity index (χ4n) is 5.96. The maximum absolute atomic E-state index is 13.0. The Hall–Kier alpha value is -1.73. The highest BCUT2D eigenvalue weighted by Crippen LogP contribution is 2.59. The average Bonchev–Trinajstić information content (AvgIpc) is 2.56. The van der Waals surface area contributed by atoms with Crippen molar-refractivity contribution < 1.29 is 31.1 Å². The first kappa shape index (κ1) is 19.6. The predicted molar refractivity (Wildman–Crippen MR) is 89.4 cm³/mol. The lowest BCUT2D eigenvalue weighted by molar-refractivity contribution is -0.143. The van der Waals surface area contributed by atoms with E-state index in [1.807, 2.05) is 0 Å². The van der Waals surface area contributed by atoms with Crippen LogP contribution < -0.4 is 5.32 Å². The van der Waals surface area contributed by atoms with Crippen LogP contribution in [-0.2, 0) is 12.4 Å². The normalized spacial score (nSPS) is 31.9. The SMILES string of the molecule is O=C(NCC12CC3CC(CC(C3)C1)C2)c1cc(C(F)(F)F)cc(C(F)(F)F)c1. The zero-order valence-electron chi connectivity index (χ0n) is 15.1. The molecule has 1 aromatic rings. The number of carbonyl (C=O) groups is 1. The van der Waals surface area contributed by atoms with E-state index < -0.39 is 35.0 Å². The molecule has 154 valence electrons. The van der Waals surface area contributed by atoms with E-state index in [0.717, 1.165) is 19.3 Å². The standard InChI is InChI=1S/C20H21F6NO/c21-19(22,23)15-4-14(5-16(6-15)20(24,25)26)17(28)27-10-18-7-11-1-12(8-18)3-13(2-11)9-18/h4-6,11-13H,1-3,7-10H2,(H,27,28). The molecule has 4 fully saturated rings. The number of alkyl halides is 6. The van der Waals surface area contributed by atoms with Crippen LogP contribution in [0.3, 0.4) is 0 Å². The van der Waals surface area contributed by atoms with Gasteiger partial charge in [0.15, 0.2) is 0 Å². The summed E-state index contributed by atoms with van der Waals surface area (Å²) >= 11 is 0. The molecule has 0 atom stereocenters. The van der Waals surface area contributed by atoms with Crippen molar-refractivity contribution >= 4 is 5.91 Å². The van der Waals surface area contributed by atoms with E-state index in [9.17, 15) is 31.1 Å². The van der Waals surface area contributed by atoms with Gasteiger partial charge in [0.25, 0.3) is 5.91 Å². The molecule has 4 saturated carbocycles. The zero-order valence-corrected chi connectivity index (χ0v) is 15.1. The largest absolute Gasteiger partial charge is 0.416 e. The topological polar surface area (TPSA) is 29.1 Å². The van der Waals surface area contributed by atoms with Crippen molar-refractivity contribution in [3.63, 3.8) is 0 Å². The van der Waals surface area contributed by atoms with Crippen LogP contribution in [0.15, 0.2) is 18.2 Å². The minimum atomic E-state index is -4.96. The molecule has 4 aliphatic rings. The summed E-state index contributed by atoms with van der Waals surface area (Å²) in [5.74, 6) is 1.02. The number of carbonyl (C=O) groups excluding carboxylic acids is 1. The molecule has 1 N–H and O–H groups in total. The first-order chi connectivity index (χ1) is 12.9. The van der Waals surface area contributed by atoms with E-state index in [-0.39, 0.29) is 11.5 Å². The van der Waals surface area contributed by atoms with Gasteiger partial charge in [-0.2, -0.15) is 26.3 Å². The molecule has 0 unspecified atom stereocenters. The molecule has 0 radical (unpaired) electrons. The van der Waals surface area contributed by atoms with Gasteiger partial charge in [-0.1, -0.05) is 0 Å². The molecule has 0 aromatic heterocycles. The van der Waals surface area contributed by atoms with Crippen LogP contribution >= 0.6 is 0 Å². The minimum absolute atomic E-state index is 0.0376. The van der Waals surface area contributed by atoms with Crippen molar-refractivity contribution in [1.29, 1.82) is 0 Å². The van der Waals surface area contributed by atoms with Gasteiger partial charge in [0.2, 0.25) is 0 Å². The van der Waals surface area contributed by atoms with Crippen molar-refractivity contribution in [2.75, 3.05) is 6.54 Å². The highest BCUT2D eigenvalue weighted by Gasteiger charge is 2.50.